The average molecular weight is 278 g/mol. The highest BCUT2D eigenvalue weighted by Crippen LogP contribution is 2.02. The van der Waals surface area contributed by atoms with E-state index < -0.39 is 12.0 Å². The van der Waals surface area contributed by atoms with Crippen molar-refractivity contribution in [3.05, 3.63) is 47.7 Å². The van der Waals surface area contributed by atoms with Crippen LogP contribution < -0.4 is 5.32 Å². The Kier molecular flexibility index (Phi) is 6.25. The molecule has 0 bridgehead atoms. The first kappa shape index (κ1) is 15.7. The smallest absolute Gasteiger partial charge is 0.412 e. The number of benzene rings is 1. The standard InChI is InChI=1S/C14H18N2O4/c1-4-12(13(17)16(2)19-3)15-14(18)20-10-11-8-6-5-7-9-11/h4-9H,10H2,1-3H3,(H,15,18)/b12-4-. The van der Waals surface area contributed by atoms with Crippen LogP contribution in [0.25, 0.3) is 0 Å². The number of nitrogens with zero attached hydrogens (tertiary/aromatic N) is 1. The number of ether oxygens (including phenoxy) is 1. The zero-order valence-corrected chi connectivity index (χ0v) is 11.8. The average Bonchev–Trinajstić information content (AvgIpc) is 2.50. The highest BCUT2D eigenvalue weighted by Gasteiger charge is 2.16. The topological polar surface area (TPSA) is 67.9 Å². The number of allylic oxidation sites excluding steroid dienone is 1. The summed E-state index contributed by atoms with van der Waals surface area (Å²) in [5.74, 6) is -0.466. The molecule has 6 nitrogen and oxygen atoms in total. The molecule has 0 saturated carbocycles. The molecule has 0 spiro atoms. The number of alkyl carbamates (subject to hydrolysis) is 1. The zero-order valence-electron chi connectivity index (χ0n) is 11.8. The van der Waals surface area contributed by atoms with Crippen molar-refractivity contribution in [3.63, 3.8) is 0 Å². The first-order chi connectivity index (χ1) is 9.58. The van der Waals surface area contributed by atoms with Gasteiger partial charge in [0.25, 0.3) is 5.91 Å². The molecule has 1 aromatic carbocycles. The van der Waals surface area contributed by atoms with E-state index in [1.165, 1.54) is 20.2 Å². The SMILES string of the molecule is C/C=C(\NC(=O)OCc1ccccc1)C(=O)N(C)OC. The van der Waals surface area contributed by atoms with Gasteiger partial charge in [-0.2, -0.15) is 0 Å². The van der Waals surface area contributed by atoms with Crippen LogP contribution >= 0.6 is 0 Å². The number of hydrogen-bond acceptors (Lipinski definition) is 4. The Morgan fingerprint density at radius 2 is 1.95 bits per heavy atom. The summed E-state index contributed by atoms with van der Waals surface area (Å²) in [6, 6.07) is 9.26. The van der Waals surface area contributed by atoms with Crippen molar-refractivity contribution in [2.75, 3.05) is 14.2 Å². The molecule has 0 radical (unpaired) electrons. The minimum Gasteiger partial charge on any atom is -0.444 e. The van der Waals surface area contributed by atoms with Crippen LogP contribution in [0.2, 0.25) is 0 Å². The van der Waals surface area contributed by atoms with Gasteiger partial charge in [-0.1, -0.05) is 36.4 Å². The van der Waals surface area contributed by atoms with Gasteiger partial charge < -0.3 is 4.74 Å². The molecule has 20 heavy (non-hydrogen) atoms. The summed E-state index contributed by atoms with van der Waals surface area (Å²) in [6.45, 7) is 1.77. The third kappa shape index (κ3) is 4.74. The second kappa shape index (κ2) is 7.96. The number of rotatable bonds is 5. The molecular formula is C14H18N2O4. The van der Waals surface area contributed by atoms with Crippen LogP contribution in [0.4, 0.5) is 4.79 Å². The summed E-state index contributed by atoms with van der Waals surface area (Å²) in [4.78, 5) is 28.1. The maximum absolute atomic E-state index is 11.8. The number of hydroxylamine groups is 2. The normalized spacial score (nSPS) is 10.8. The Morgan fingerprint density at radius 3 is 2.50 bits per heavy atom. The van der Waals surface area contributed by atoms with Gasteiger partial charge in [0.05, 0.1) is 7.11 Å². The molecule has 0 aliphatic rings. The fourth-order valence-corrected chi connectivity index (χ4v) is 1.37. The van der Waals surface area contributed by atoms with Gasteiger partial charge in [0.15, 0.2) is 0 Å². The van der Waals surface area contributed by atoms with E-state index in [1.54, 1.807) is 6.92 Å². The Hall–Kier alpha value is -2.34. The Bertz CT molecular complexity index is 485. The van der Waals surface area contributed by atoms with Crippen molar-refractivity contribution in [2.45, 2.75) is 13.5 Å². The minimum atomic E-state index is -0.695. The van der Waals surface area contributed by atoms with E-state index in [-0.39, 0.29) is 12.3 Å². The van der Waals surface area contributed by atoms with E-state index in [4.69, 9.17) is 9.57 Å². The molecule has 0 saturated heterocycles. The van der Waals surface area contributed by atoms with E-state index in [0.717, 1.165) is 10.6 Å². The molecule has 6 heteroatoms. The maximum Gasteiger partial charge on any atom is 0.412 e. The predicted octanol–water partition coefficient (Wildman–Crippen LogP) is 1.84. The second-order valence-electron chi connectivity index (χ2n) is 3.87. The summed E-state index contributed by atoms with van der Waals surface area (Å²) in [6.07, 6.45) is 0.779. The number of nitrogens with one attached hydrogen (secondary N) is 1. The summed E-state index contributed by atoms with van der Waals surface area (Å²) < 4.78 is 5.02. The summed E-state index contributed by atoms with van der Waals surface area (Å²) in [7, 11) is 2.81. The number of carbonyl (C=O) groups is 2. The predicted molar refractivity (Wildman–Crippen MR) is 73.3 cm³/mol. The summed E-state index contributed by atoms with van der Waals surface area (Å²) >= 11 is 0. The van der Waals surface area contributed by atoms with Crippen molar-refractivity contribution in [3.8, 4) is 0 Å². The van der Waals surface area contributed by atoms with Gasteiger partial charge >= 0.3 is 6.09 Å². The lowest BCUT2D eigenvalue weighted by Crippen LogP contribution is -2.35. The highest BCUT2D eigenvalue weighted by molar-refractivity contribution is 5.95. The molecule has 108 valence electrons. The molecule has 0 atom stereocenters. The number of carbonyl (C=O) groups excluding carboxylic acids is 2. The van der Waals surface area contributed by atoms with Gasteiger partial charge in [-0.3, -0.25) is 14.9 Å². The number of amides is 2. The lowest BCUT2D eigenvalue weighted by molar-refractivity contribution is -0.164. The van der Waals surface area contributed by atoms with Crippen LogP contribution in [-0.4, -0.2) is 31.2 Å². The lowest BCUT2D eigenvalue weighted by atomic mass is 10.2. The number of likely N-dealkylation sites (N-methyl/N-ethyl adjacent to an activating group) is 1. The quantitative estimate of drug-likeness (QED) is 0.659. The van der Waals surface area contributed by atoms with Gasteiger partial charge in [-0.15, -0.1) is 0 Å². The lowest BCUT2D eigenvalue weighted by Gasteiger charge is -2.16. The van der Waals surface area contributed by atoms with Crippen molar-refractivity contribution >= 4 is 12.0 Å². The molecule has 0 fully saturated rings. The van der Waals surface area contributed by atoms with Crippen molar-refractivity contribution in [1.82, 2.24) is 10.4 Å². The molecular weight excluding hydrogens is 260 g/mol. The fourth-order valence-electron chi connectivity index (χ4n) is 1.37. The molecule has 0 heterocycles. The van der Waals surface area contributed by atoms with E-state index in [2.05, 4.69) is 5.32 Å². The van der Waals surface area contributed by atoms with Gasteiger partial charge in [0.2, 0.25) is 0 Å². The zero-order chi connectivity index (χ0) is 15.0. The van der Waals surface area contributed by atoms with Gasteiger partial charge in [-0.05, 0) is 12.5 Å². The molecule has 1 N–H and O–H groups in total. The Balaban J connectivity index is 2.50. The maximum atomic E-state index is 11.8. The molecule has 1 aromatic rings. The van der Waals surface area contributed by atoms with E-state index in [9.17, 15) is 9.59 Å². The van der Waals surface area contributed by atoms with Crippen molar-refractivity contribution in [2.24, 2.45) is 0 Å². The molecule has 1 rings (SSSR count). The van der Waals surface area contributed by atoms with E-state index in [0.29, 0.717) is 0 Å². The van der Waals surface area contributed by atoms with Crippen LogP contribution in [0.1, 0.15) is 12.5 Å². The highest BCUT2D eigenvalue weighted by atomic mass is 16.7. The minimum absolute atomic E-state index is 0.0902. The monoisotopic (exact) mass is 278 g/mol. The molecule has 0 aromatic heterocycles. The Morgan fingerprint density at radius 1 is 1.30 bits per heavy atom. The van der Waals surface area contributed by atoms with Gasteiger partial charge in [-0.25, -0.2) is 9.86 Å². The van der Waals surface area contributed by atoms with Crippen LogP contribution in [0.3, 0.4) is 0 Å². The first-order valence-corrected chi connectivity index (χ1v) is 6.04. The third-order valence-electron chi connectivity index (χ3n) is 2.53. The van der Waals surface area contributed by atoms with Crippen LogP contribution in [-0.2, 0) is 21.0 Å². The fraction of sp³-hybridized carbons (Fsp3) is 0.286. The van der Waals surface area contributed by atoms with E-state index >= 15 is 0 Å². The van der Waals surface area contributed by atoms with Crippen LogP contribution in [0.15, 0.2) is 42.1 Å². The molecule has 0 unspecified atom stereocenters. The van der Waals surface area contributed by atoms with Crippen molar-refractivity contribution in [1.29, 1.82) is 0 Å². The number of hydrogen-bond donors (Lipinski definition) is 1. The second-order valence-corrected chi connectivity index (χ2v) is 3.87. The van der Waals surface area contributed by atoms with E-state index in [1.807, 2.05) is 30.3 Å². The van der Waals surface area contributed by atoms with Gasteiger partial charge in [0.1, 0.15) is 12.3 Å². The molecule has 0 aliphatic carbocycles. The van der Waals surface area contributed by atoms with Crippen LogP contribution in [0.5, 0.6) is 0 Å². The molecule has 2 amide bonds. The molecule has 0 aliphatic heterocycles. The van der Waals surface area contributed by atoms with Gasteiger partial charge in [0, 0.05) is 7.05 Å². The van der Waals surface area contributed by atoms with Crippen LogP contribution in [0, 0.1) is 0 Å². The Labute approximate surface area is 117 Å². The summed E-state index contributed by atoms with van der Waals surface area (Å²) in [5, 5.41) is 3.39. The first-order valence-electron chi connectivity index (χ1n) is 6.04. The summed E-state index contributed by atoms with van der Waals surface area (Å²) in [5.41, 5.74) is 0.956. The van der Waals surface area contributed by atoms with Crippen molar-refractivity contribution < 1.29 is 19.2 Å². The third-order valence-corrected chi connectivity index (χ3v) is 2.53. The largest absolute Gasteiger partial charge is 0.444 e.